The molecule has 112 valence electrons. The first kappa shape index (κ1) is 15.3. The zero-order valence-electron chi connectivity index (χ0n) is 11.8. The van der Waals surface area contributed by atoms with Crippen LogP contribution in [0.1, 0.15) is 17.2 Å². The second-order valence-electron chi connectivity index (χ2n) is 4.51. The van der Waals surface area contributed by atoms with Crippen LogP contribution in [0.5, 0.6) is 11.5 Å². The van der Waals surface area contributed by atoms with Crippen molar-refractivity contribution in [2.24, 2.45) is 0 Å². The fraction of sp³-hybridized carbons (Fsp3) is 0.250. The van der Waals surface area contributed by atoms with Crippen LogP contribution >= 0.6 is 0 Å². The molecule has 5 heteroatoms. The molecule has 0 aliphatic heterocycles. The lowest BCUT2D eigenvalue weighted by Gasteiger charge is -2.16. The Morgan fingerprint density at radius 3 is 2.29 bits per heavy atom. The van der Waals surface area contributed by atoms with E-state index in [4.69, 9.17) is 9.47 Å². The molecule has 0 saturated heterocycles. The van der Waals surface area contributed by atoms with Crippen LogP contribution in [0.25, 0.3) is 0 Å². The summed E-state index contributed by atoms with van der Waals surface area (Å²) in [5, 5.41) is 10.2. The molecule has 0 radical (unpaired) electrons. The van der Waals surface area contributed by atoms with E-state index in [9.17, 15) is 13.9 Å². The third kappa shape index (κ3) is 3.13. The Bertz CT molecular complexity index is 629. The third-order valence-corrected chi connectivity index (χ3v) is 3.24. The summed E-state index contributed by atoms with van der Waals surface area (Å²) in [5.41, 5.74) is 0.259. The van der Waals surface area contributed by atoms with Gasteiger partial charge in [-0.2, -0.15) is 0 Å². The van der Waals surface area contributed by atoms with E-state index in [0.717, 1.165) is 0 Å². The maximum atomic E-state index is 14.1. The lowest BCUT2D eigenvalue weighted by atomic mass is 9.99. The zero-order valence-corrected chi connectivity index (χ0v) is 11.8. The number of halogens is 2. The average Bonchev–Trinajstić information content (AvgIpc) is 2.48. The van der Waals surface area contributed by atoms with Crippen molar-refractivity contribution in [3.05, 3.63) is 59.2 Å². The predicted octanol–water partition coefficient (Wildman–Crippen LogP) is 3.26. The van der Waals surface area contributed by atoms with Crippen molar-refractivity contribution in [3.8, 4) is 11.5 Å². The molecule has 0 aliphatic rings. The van der Waals surface area contributed by atoms with Gasteiger partial charge in [0.25, 0.3) is 0 Å². The van der Waals surface area contributed by atoms with Gasteiger partial charge in [0.1, 0.15) is 11.6 Å². The predicted molar refractivity (Wildman–Crippen MR) is 74.6 cm³/mol. The minimum Gasteiger partial charge on any atom is -0.496 e. The van der Waals surface area contributed by atoms with E-state index in [1.807, 2.05) is 0 Å². The van der Waals surface area contributed by atoms with E-state index in [2.05, 4.69) is 0 Å². The second kappa shape index (κ2) is 6.54. The van der Waals surface area contributed by atoms with Gasteiger partial charge in [0.05, 0.1) is 25.9 Å². The largest absolute Gasteiger partial charge is 0.496 e. The van der Waals surface area contributed by atoms with Crippen LogP contribution in [0, 0.1) is 11.6 Å². The van der Waals surface area contributed by atoms with E-state index in [-0.39, 0.29) is 29.0 Å². The van der Waals surface area contributed by atoms with Gasteiger partial charge in [-0.1, -0.05) is 18.2 Å². The van der Waals surface area contributed by atoms with Crippen LogP contribution in [0.3, 0.4) is 0 Å². The maximum Gasteiger partial charge on any atom is 0.168 e. The van der Waals surface area contributed by atoms with Gasteiger partial charge >= 0.3 is 0 Å². The normalized spacial score (nSPS) is 12.0. The molecule has 1 atom stereocenters. The summed E-state index contributed by atoms with van der Waals surface area (Å²) in [4.78, 5) is 0. The zero-order chi connectivity index (χ0) is 15.4. The highest BCUT2D eigenvalue weighted by atomic mass is 19.1. The maximum absolute atomic E-state index is 14.1. The van der Waals surface area contributed by atoms with Crippen LogP contribution in [-0.2, 0) is 6.42 Å². The average molecular weight is 294 g/mol. The Morgan fingerprint density at radius 1 is 1.00 bits per heavy atom. The lowest BCUT2D eigenvalue weighted by molar-refractivity contribution is 0.167. The van der Waals surface area contributed by atoms with E-state index in [1.165, 1.54) is 38.5 Å². The van der Waals surface area contributed by atoms with Crippen molar-refractivity contribution in [1.82, 2.24) is 0 Å². The number of hydrogen-bond acceptors (Lipinski definition) is 3. The number of aliphatic hydroxyl groups is 1. The number of benzene rings is 2. The van der Waals surface area contributed by atoms with E-state index in [0.29, 0.717) is 0 Å². The molecule has 3 nitrogen and oxygen atoms in total. The second-order valence-corrected chi connectivity index (χ2v) is 4.51. The molecule has 0 spiro atoms. The highest BCUT2D eigenvalue weighted by molar-refractivity contribution is 5.38. The Balaban J connectivity index is 2.33. The van der Waals surface area contributed by atoms with Crippen LogP contribution in [0.2, 0.25) is 0 Å². The Morgan fingerprint density at radius 2 is 1.62 bits per heavy atom. The molecule has 0 aromatic heterocycles. The van der Waals surface area contributed by atoms with Crippen LogP contribution in [0.4, 0.5) is 8.78 Å². The van der Waals surface area contributed by atoms with Crippen molar-refractivity contribution in [3.63, 3.8) is 0 Å². The summed E-state index contributed by atoms with van der Waals surface area (Å²) in [6, 6.07) is 8.87. The van der Waals surface area contributed by atoms with Gasteiger partial charge in [-0.15, -0.1) is 0 Å². The fourth-order valence-corrected chi connectivity index (χ4v) is 2.20. The SMILES string of the molecule is COc1cccc(CC(O)c2c(F)cccc2OC)c1F. The topological polar surface area (TPSA) is 38.7 Å². The number of hydrogen-bond donors (Lipinski definition) is 1. The minimum atomic E-state index is -1.22. The number of rotatable bonds is 5. The number of ether oxygens (including phenoxy) is 2. The summed E-state index contributed by atoms with van der Waals surface area (Å²) in [6.45, 7) is 0. The van der Waals surface area contributed by atoms with Gasteiger partial charge in [-0.05, 0) is 23.8 Å². The van der Waals surface area contributed by atoms with E-state index >= 15 is 0 Å². The van der Waals surface area contributed by atoms with Gasteiger partial charge in [-0.25, -0.2) is 8.78 Å². The van der Waals surface area contributed by atoms with Crippen LogP contribution in [-0.4, -0.2) is 19.3 Å². The number of aliphatic hydroxyl groups excluding tert-OH is 1. The van der Waals surface area contributed by atoms with Crippen LogP contribution < -0.4 is 9.47 Å². The molecular formula is C16H16F2O3. The number of methoxy groups -OCH3 is 2. The quantitative estimate of drug-likeness (QED) is 0.920. The molecule has 0 heterocycles. The molecular weight excluding hydrogens is 278 g/mol. The summed E-state index contributed by atoms with van der Waals surface area (Å²) >= 11 is 0. The first-order valence-electron chi connectivity index (χ1n) is 6.40. The summed E-state index contributed by atoms with van der Waals surface area (Å²) in [5.74, 6) is -0.842. The highest BCUT2D eigenvalue weighted by Gasteiger charge is 2.20. The summed E-state index contributed by atoms with van der Waals surface area (Å²) in [6.07, 6.45) is -1.30. The summed E-state index contributed by atoms with van der Waals surface area (Å²) in [7, 11) is 2.75. The Hall–Kier alpha value is -2.14. The Kier molecular flexibility index (Phi) is 4.75. The minimum absolute atomic E-state index is 0.0159. The smallest absolute Gasteiger partial charge is 0.168 e. The standard InChI is InChI=1S/C16H16F2O3/c1-20-13-7-4-6-11(17)15(13)12(19)9-10-5-3-8-14(21-2)16(10)18/h3-8,12,19H,9H2,1-2H3. The van der Waals surface area contributed by atoms with Crippen molar-refractivity contribution in [2.45, 2.75) is 12.5 Å². The van der Waals surface area contributed by atoms with Crippen molar-refractivity contribution in [1.29, 1.82) is 0 Å². The van der Waals surface area contributed by atoms with E-state index < -0.39 is 17.7 Å². The lowest BCUT2D eigenvalue weighted by Crippen LogP contribution is -2.08. The van der Waals surface area contributed by atoms with Gasteiger partial charge in [-0.3, -0.25) is 0 Å². The molecule has 0 aliphatic carbocycles. The highest BCUT2D eigenvalue weighted by Crippen LogP contribution is 2.31. The molecule has 1 N–H and O–H groups in total. The van der Waals surface area contributed by atoms with Crippen LogP contribution in [0.15, 0.2) is 36.4 Å². The summed E-state index contributed by atoms with van der Waals surface area (Å²) < 4.78 is 37.9. The van der Waals surface area contributed by atoms with Gasteiger partial charge in [0.2, 0.25) is 0 Å². The molecule has 21 heavy (non-hydrogen) atoms. The fourth-order valence-electron chi connectivity index (χ4n) is 2.20. The molecule has 0 fully saturated rings. The van der Waals surface area contributed by atoms with E-state index in [1.54, 1.807) is 12.1 Å². The molecule has 0 saturated carbocycles. The third-order valence-electron chi connectivity index (χ3n) is 3.24. The first-order valence-corrected chi connectivity index (χ1v) is 6.40. The molecule has 2 rings (SSSR count). The van der Waals surface area contributed by atoms with Crippen molar-refractivity contribution in [2.75, 3.05) is 14.2 Å². The first-order chi connectivity index (χ1) is 10.1. The monoisotopic (exact) mass is 294 g/mol. The van der Waals surface area contributed by atoms with Gasteiger partial charge < -0.3 is 14.6 Å². The molecule has 2 aromatic rings. The Labute approximate surface area is 121 Å². The molecule has 1 unspecified atom stereocenters. The van der Waals surface area contributed by atoms with Gasteiger partial charge in [0.15, 0.2) is 11.6 Å². The van der Waals surface area contributed by atoms with Crippen molar-refractivity contribution < 1.29 is 23.4 Å². The molecule has 0 bridgehead atoms. The molecule has 2 aromatic carbocycles. The van der Waals surface area contributed by atoms with Gasteiger partial charge in [0, 0.05) is 6.42 Å². The molecule has 0 amide bonds. The van der Waals surface area contributed by atoms with Crippen molar-refractivity contribution >= 4 is 0 Å².